The zero-order valence-corrected chi connectivity index (χ0v) is 16.7. The van der Waals surface area contributed by atoms with E-state index in [2.05, 4.69) is 22.6 Å². The summed E-state index contributed by atoms with van der Waals surface area (Å²) in [5.41, 5.74) is 0.608. The molecular weight excluding hydrogens is 453 g/mol. The Balaban J connectivity index is 1.81. The van der Waals surface area contributed by atoms with Crippen LogP contribution in [-0.2, 0) is 9.84 Å². The van der Waals surface area contributed by atoms with Gasteiger partial charge >= 0.3 is 0 Å². The van der Waals surface area contributed by atoms with Gasteiger partial charge in [0.1, 0.15) is 11.5 Å². The number of amides is 1. The molecule has 0 aliphatic carbocycles. The molecule has 0 bridgehead atoms. The molecule has 0 N–H and O–H groups in total. The number of rotatable bonds is 4. The first-order valence-electron chi connectivity index (χ1n) is 7.91. The van der Waals surface area contributed by atoms with E-state index in [0.29, 0.717) is 17.1 Å². The van der Waals surface area contributed by atoms with Crippen molar-refractivity contribution in [3.8, 4) is 11.5 Å². The lowest BCUT2D eigenvalue weighted by molar-refractivity contribution is 0.0792. The molecular formula is C18H18INO4S. The van der Waals surface area contributed by atoms with Crippen LogP contribution in [0.15, 0.2) is 47.4 Å². The van der Waals surface area contributed by atoms with Gasteiger partial charge in [-0.05, 0) is 77.9 Å². The molecule has 1 aliphatic rings. The van der Waals surface area contributed by atoms with Gasteiger partial charge < -0.3 is 9.64 Å². The van der Waals surface area contributed by atoms with E-state index in [1.807, 2.05) is 17.0 Å². The topological polar surface area (TPSA) is 63.7 Å². The van der Waals surface area contributed by atoms with Gasteiger partial charge in [0.05, 0.1) is 4.90 Å². The van der Waals surface area contributed by atoms with E-state index in [4.69, 9.17) is 4.74 Å². The van der Waals surface area contributed by atoms with Crippen molar-refractivity contribution < 1.29 is 17.9 Å². The second kappa shape index (κ2) is 7.33. The summed E-state index contributed by atoms with van der Waals surface area (Å²) in [5.74, 6) is 1.10. The maximum atomic E-state index is 12.6. The van der Waals surface area contributed by atoms with Crippen LogP contribution in [0.4, 0.5) is 0 Å². The molecule has 0 aromatic heterocycles. The molecule has 0 saturated carbocycles. The van der Waals surface area contributed by atoms with Gasteiger partial charge in [0, 0.05) is 28.5 Å². The summed E-state index contributed by atoms with van der Waals surface area (Å²) in [4.78, 5) is 14.7. The first-order chi connectivity index (χ1) is 11.8. The van der Waals surface area contributed by atoms with Crippen molar-refractivity contribution in [3.05, 3.63) is 51.6 Å². The summed E-state index contributed by atoms with van der Waals surface area (Å²) >= 11 is 2.16. The van der Waals surface area contributed by atoms with Crippen molar-refractivity contribution in [1.82, 2.24) is 4.90 Å². The molecule has 25 heavy (non-hydrogen) atoms. The molecule has 7 heteroatoms. The van der Waals surface area contributed by atoms with Crippen LogP contribution in [-0.4, -0.2) is 38.6 Å². The average molecular weight is 471 g/mol. The molecule has 0 radical (unpaired) electrons. The molecule has 1 aliphatic heterocycles. The van der Waals surface area contributed by atoms with Crippen LogP contribution in [0.1, 0.15) is 23.2 Å². The van der Waals surface area contributed by atoms with Gasteiger partial charge in [-0.1, -0.05) is 0 Å². The fourth-order valence-corrected chi connectivity index (χ4v) is 4.01. The summed E-state index contributed by atoms with van der Waals surface area (Å²) in [6.45, 7) is 1.60. The van der Waals surface area contributed by atoms with E-state index < -0.39 is 9.84 Å². The number of likely N-dealkylation sites (tertiary alicyclic amines) is 1. The van der Waals surface area contributed by atoms with E-state index in [1.54, 1.807) is 18.2 Å². The van der Waals surface area contributed by atoms with Crippen LogP contribution in [0, 0.1) is 3.57 Å². The normalized spacial score (nSPS) is 14.6. The lowest BCUT2D eigenvalue weighted by Gasteiger charge is -2.16. The summed E-state index contributed by atoms with van der Waals surface area (Å²) in [5, 5.41) is 0. The van der Waals surface area contributed by atoms with E-state index in [-0.39, 0.29) is 10.8 Å². The summed E-state index contributed by atoms with van der Waals surface area (Å²) in [6.07, 6.45) is 3.26. The third-order valence-corrected chi connectivity index (χ3v) is 5.75. The summed E-state index contributed by atoms with van der Waals surface area (Å²) in [7, 11) is -3.23. The van der Waals surface area contributed by atoms with Crippen LogP contribution < -0.4 is 4.74 Å². The first kappa shape index (κ1) is 18.2. The Bertz CT molecular complexity index is 888. The number of hydrogen-bond acceptors (Lipinski definition) is 4. The number of ether oxygens (including phenoxy) is 1. The molecule has 2 aromatic carbocycles. The smallest absolute Gasteiger partial charge is 0.254 e. The molecule has 0 unspecified atom stereocenters. The zero-order chi connectivity index (χ0) is 18.0. The Labute approximate surface area is 161 Å². The SMILES string of the molecule is CS(=O)(=O)c1ccc(Oc2cc(I)cc(C(=O)N3CCCC3)c2)cc1. The van der Waals surface area contributed by atoms with Gasteiger partial charge in [0.25, 0.3) is 5.91 Å². The summed E-state index contributed by atoms with van der Waals surface area (Å²) in [6, 6.07) is 11.7. The molecule has 3 rings (SSSR count). The van der Waals surface area contributed by atoms with Crippen LogP contribution >= 0.6 is 22.6 Å². The monoisotopic (exact) mass is 471 g/mol. The lowest BCUT2D eigenvalue weighted by Crippen LogP contribution is -2.27. The predicted molar refractivity (Wildman–Crippen MR) is 104 cm³/mol. The number of carbonyl (C=O) groups is 1. The molecule has 5 nitrogen and oxygen atoms in total. The highest BCUT2D eigenvalue weighted by atomic mass is 127. The number of carbonyl (C=O) groups excluding carboxylic acids is 1. The highest BCUT2D eigenvalue weighted by molar-refractivity contribution is 14.1. The van der Waals surface area contributed by atoms with Crippen molar-refractivity contribution in [2.45, 2.75) is 17.7 Å². The second-order valence-electron chi connectivity index (χ2n) is 6.02. The minimum Gasteiger partial charge on any atom is -0.457 e. The van der Waals surface area contributed by atoms with Crippen molar-refractivity contribution >= 4 is 38.3 Å². The van der Waals surface area contributed by atoms with Gasteiger partial charge in [0.2, 0.25) is 0 Å². The lowest BCUT2D eigenvalue weighted by atomic mass is 10.2. The van der Waals surface area contributed by atoms with E-state index in [0.717, 1.165) is 29.5 Å². The van der Waals surface area contributed by atoms with Gasteiger partial charge in [0.15, 0.2) is 9.84 Å². The number of hydrogen-bond donors (Lipinski definition) is 0. The molecule has 1 fully saturated rings. The molecule has 132 valence electrons. The van der Waals surface area contributed by atoms with Crippen molar-refractivity contribution in [3.63, 3.8) is 0 Å². The number of nitrogens with zero attached hydrogens (tertiary/aromatic N) is 1. The van der Waals surface area contributed by atoms with Gasteiger partial charge in [-0.15, -0.1) is 0 Å². The van der Waals surface area contributed by atoms with Gasteiger partial charge in [-0.2, -0.15) is 0 Å². The summed E-state index contributed by atoms with van der Waals surface area (Å²) < 4.78 is 29.7. The molecule has 2 aromatic rings. The molecule has 1 amide bonds. The Hall–Kier alpha value is -1.61. The van der Waals surface area contributed by atoms with E-state index in [9.17, 15) is 13.2 Å². The fraction of sp³-hybridized carbons (Fsp3) is 0.278. The molecule has 0 spiro atoms. The van der Waals surface area contributed by atoms with Crippen molar-refractivity contribution in [2.75, 3.05) is 19.3 Å². The standard InChI is InChI=1S/C18H18INO4S/c1-25(22,23)17-6-4-15(5-7-17)24-16-11-13(10-14(19)12-16)18(21)20-8-2-3-9-20/h4-7,10-12H,2-3,8-9H2,1H3. The quantitative estimate of drug-likeness (QED) is 0.638. The Morgan fingerprint density at radius 3 is 2.28 bits per heavy atom. The van der Waals surface area contributed by atoms with Gasteiger partial charge in [-0.3, -0.25) is 4.79 Å². The zero-order valence-electron chi connectivity index (χ0n) is 13.7. The number of sulfone groups is 1. The Kier molecular flexibility index (Phi) is 5.33. The third-order valence-electron chi connectivity index (χ3n) is 4.00. The predicted octanol–water partition coefficient (Wildman–Crippen LogP) is 3.72. The third kappa shape index (κ3) is 4.52. The van der Waals surface area contributed by atoms with Crippen LogP contribution in [0.25, 0.3) is 0 Å². The minimum absolute atomic E-state index is 0.0216. The maximum Gasteiger partial charge on any atom is 0.254 e. The molecule has 0 atom stereocenters. The van der Waals surface area contributed by atoms with Crippen LogP contribution in [0.2, 0.25) is 0 Å². The largest absolute Gasteiger partial charge is 0.457 e. The number of benzene rings is 2. The Morgan fingerprint density at radius 1 is 1.04 bits per heavy atom. The first-order valence-corrected chi connectivity index (χ1v) is 10.9. The highest BCUT2D eigenvalue weighted by Gasteiger charge is 2.20. The number of halogens is 1. The van der Waals surface area contributed by atoms with Crippen LogP contribution in [0.5, 0.6) is 11.5 Å². The van der Waals surface area contributed by atoms with Crippen molar-refractivity contribution in [2.24, 2.45) is 0 Å². The second-order valence-corrected chi connectivity index (χ2v) is 9.28. The van der Waals surface area contributed by atoms with E-state index in [1.165, 1.54) is 18.4 Å². The average Bonchev–Trinajstić information content (AvgIpc) is 3.07. The minimum atomic E-state index is -3.23. The molecule has 1 heterocycles. The maximum absolute atomic E-state index is 12.6. The molecule has 1 saturated heterocycles. The van der Waals surface area contributed by atoms with Gasteiger partial charge in [-0.25, -0.2) is 8.42 Å². The van der Waals surface area contributed by atoms with Crippen LogP contribution in [0.3, 0.4) is 0 Å². The fourth-order valence-electron chi connectivity index (χ4n) is 2.74. The highest BCUT2D eigenvalue weighted by Crippen LogP contribution is 2.27. The Morgan fingerprint density at radius 2 is 1.68 bits per heavy atom. The van der Waals surface area contributed by atoms with E-state index >= 15 is 0 Å². The van der Waals surface area contributed by atoms with Crippen molar-refractivity contribution in [1.29, 1.82) is 0 Å².